The van der Waals surface area contributed by atoms with Gasteiger partial charge in [-0.3, -0.25) is 4.79 Å². The molecule has 4 nitrogen and oxygen atoms in total. The minimum atomic E-state index is -0.0718. The molecule has 0 spiro atoms. The lowest BCUT2D eigenvalue weighted by atomic mass is 9.99. The molecule has 2 heterocycles. The molecule has 0 saturated carbocycles. The molecule has 3 aromatic rings. The van der Waals surface area contributed by atoms with Crippen LogP contribution in [0.3, 0.4) is 0 Å². The zero-order chi connectivity index (χ0) is 17.5. The Balaban J connectivity index is 1.59. The molecule has 0 saturated heterocycles. The fourth-order valence-corrected chi connectivity index (χ4v) is 4.07. The summed E-state index contributed by atoms with van der Waals surface area (Å²) in [6, 6.07) is 20.2. The maximum absolute atomic E-state index is 13.6. The lowest BCUT2D eigenvalue weighted by molar-refractivity contribution is -0.120. The standard InChI is InChI=1S/C22H19N3O/c26-22(18-12-11-15-6-1-2-8-17(15)18)25-14-16-7-5-13-23-21(16)24-19-9-3-4-10-20(19)25/h1-10,13,18H,11-12,14H2,(H,23,24). The van der Waals surface area contributed by atoms with Gasteiger partial charge < -0.3 is 10.2 Å². The van der Waals surface area contributed by atoms with Crippen molar-refractivity contribution in [2.24, 2.45) is 0 Å². The molecule has 1 aromatic heterocycles. The number of para-hydroxylation sites is 2. The number of carbonyl (C=O) groups excluding carboxylic acids is 1. The second-order valence-corrected chi connectivity index (χ2v) is 6.87. The molecule has 2 aliphatic rings. The van der Waals surface area contributed by atoms with Gasteiger partial charge in [0.25, 0.3) is 0 Å². The largest absolute Gasteiger partial charge is 0.338 e. The van der Waals surface area contributed by atoms with Gasteiger partial charge in [0, 0.05) is 11.8 Å². The van der Waals surface area contributed by atoms with Gasteiger partial charge in [-0.1, -0.05) is 42.5 Å². The van der Waals surface area contributed by atoms with E-state index in [0.717, 1.165) is 35.6 Å². The summed E-state index contributed by atoms with van der Waals surface area (Å²) in [5.74, 6) is 0.917. The van der Waals surface area contributed by atoms with Gasteiger partial charge in [0.05, 0.1) is 23.8 Å². The highest BCUT2D eigenvalue weighted by Gasteiger charge is 2.34. The molecule has 0 fully saturated rings. The van der Waals surface area contributed by atoms with Crippen molar-refractivity contribution in [3.05, 3.63) is 83.6 Å². The number of nitrogens with one attached hydrogen (secondary N) is 1. The number of pyridine rings is 1. The molecule has 1 aliphatic carbocycles. The molecule has 2 aromatic carbocycles. The first-order valence-corrected chi connectivity index (χ1v) is 9.00. The van der Waals surface area contributed by atoms with Crippen LogP contribution in [0.2, 0.25) is 0 Å². The number of hydrogen-bond donors (Lipinski definition) is 1. The molecule has 0 radical (unpaired) electrons. The first-order chi connectivity index (χ1) is 12.8. The average Bonchev–Trinajstić information content (AvgIpc) is 3.03. The molecule has 26 heavy (non-hydrogen) atoms. The third-order valence-corrected chi connectivity index (χ3v) is 5.36. The Morgan fingerprint density at radius 2 is 1.81 bits per heavy atom. The highest BCUT2D eigenvalue weighted by atomic mass is 16.2. The van der Waals surface area contributed by atoms with Crippen LogP contribution in [-0.2, 0) is 17.8 Å². The van der Waals surface area contributed by atoms with Crippen LogP contribution in [0.15, 0.2) is 66.9 Å². The first-order valence-electron chi connectivity index (χ1n) is 9.00. The molecule has 1 unspecified atom stereocenters. The molecule has 1 N–H and O–H groups in total. The SMILES string of the molecule is O=C(C1CCc2ccccc21)N1Cc2cccnc2Nc2ccccc21. The van der Waals surface area contributed by atoms with E-state index in [2.05, 4.69) is 28.5 Å². The van der Waals surface area contributed by atoms with Gasteiger partial charge in [0.15, 0.2) is 0 Å². The molecule has 5 rings (SSSR count). The molecular weight excluding hydrogens is 322 g/mol. The van der Waals surface area contributed by atoms with E-state index in [9.17, 15) is 4.79 Å². The number of carbonyl (C=O) groups is 1. The van der Waals surface area contributed by atoms with Crippen molar-refractivity contribution in [2.75, 3.05) is 10.2 Å². The monoisotopic (exact) mass is 341 g/mol. The number of amides is 1. The molecular formula is C22H19N3O. The minimum Gasteiger partial charge on any atom is -0.338 e. The van der Waals surface area contributed by atoms with Crippen molar-refractivity contribution >= 4 is 23.1 Å². The van der Waals surface area contributed by atoms with Gasteiger partial charge in [-0.05, 0) is 42.2 Å². The quantitative estimate of drug-likeness (QED) is 0.713. The van der Waals surface area contributed by atoms with Crippen molar-refractivity contribution in [3.63, 3.8) is 0 Å². The van der Waals surface area contributed by atoms with Gasteiger partial charge in [-0.2, -0.15) is 0 Å². The van der Waals surface area contributed by atoms with E-state index in [1.54, 1.807) is 6.20 Å². The van der Waals surface area contributed by atoms with Gasteiger partial charge in [0.2, 0.25) is 5.91 Å². The Morgan fingerprint density at radius 1 is 1.00 bits per heavy atom. The van der Waals surface area contributed by atoms with Gasteiger partial charge in [-0.25, -0.2) is 4.98 Å². The topological polar surface area (TPSA) is 45.2 Å². The fraction of sp³-hybridized carbons (Fsp3) is 0.182. The zero-order valence-electron chi connectivity index (χ0n) is 14.4. The van der Waals surface area contributed by atoms with Crippen LogP contribution < -0.4 is 10.2 Å². The second kappa shape index (κ2) is 5.99. The summed E-state index contributed by atoms with van der Waals surface area (Å²) in [7, 11) is 0. The number of hydrogen-bond acceptors (Lipinski definition) is 3. The molecule has 1 atom stereocenters. The predicted octanol–water partition coefficient (Wildman–Crippen LogP) is 4.40. The van der Waals surface area contributed by atoms with Crippen molar-refractivity contribution in [3.8, 4) is 0 Å². The van der Waals surface area contributed by atoms with Crippen LogP contribution in [0.5, 0.6) is 0 Å². The van der Waals surface area contributed by atoms with Crippen molar-refractivity contribution < 1.29 is 4.79 Å². The van der Waals surface area contributed by atoms with Crippen molar-refractivity contribution in [1.29, 1.82) is 0 Å². The highest BCUT2D eigenvalue weighted by Crippen LogP contribution is 2.39. The summed E-state index contributed by atoms with van der Waals surface area (Å²) in [5, 5.41) is 3.39. The molecule has 1 amide bonds. The smallest absolute Gasteiger partial charge is 0.234 e. The Morgan fingerprint density at radius 3 is 2.77 bits per heavy atom. The Labute approximate surface area is 152 Å². The maximum atomic E-state index is 13.6. The highest BCUT2D eigenvalue weighted by molar-refractivity contribution is 6.02. The summed E-state index contributed by atoms with van der Waals surface area (Å²) in [6.45, 7) is 0.532. The van der Waals surface area contributed by atoms with Crippen molar-refractivity contribution in [1.82, 2.24) is 4.98 Å². The van der Waals surface area contributed by atoms with E-state index in [0.29, 0.717) is 6.54 Å². The molecule has 128 valence electrons. The van der Waals surface area contributed by atoms with E-state index in [-0.39, 0.29) is 11.8 Å². The van der Waals surface area contributed by atoms with E-state index in [1.165, 1.54) is 11.1 Å². The number of rotatable bonds is 1. The summed E-state index contributed by atoms with van der Waals surface area (Å²) < 4.78 is 0. The third kappa shape index (κ3) is 2.37. The molecule has 1 aliphatic heterocycles. The van der Waals surface area contributed by atoms with Gasteiger partial charge in [-0.15, -0.1) is 0 Å². The van der Waals surface area contributed by atoms with E-state index in [1.807, 2.05) is 47.4 Å². The molecule has 0 bridgehead atoms. The van der Waals surface area contributed by atoms with E-state index >= 15 is 0 Å². The second-order valence-electron chi connectivity index (χ2n) is 6.87. The Kier molecular flexibility index (Phi) is 3.49. The van der Waals surface area contributed by atoms with Crippen LogP contribution in [0, 0.1) is 0 Å². The zero-order valence-corrected chi connectivity index (χ0v) is 14.4. The predicted molar refractivity (Wildman–Crippen MR) is 103 cm³/mol. The van der Waals surface area contributed by atoms with Crippen LogP contribution in [0.25, 0.3) is 0 Å². The number of fused-ring (bicyclic) bond motifs is 3. The Hall–Kier alpha value is -3.14. The maximum Gasteiger partial charge on any atom is 0.234 e. The normalized spacial score (nSPS) is 17.5. The average molecular weight is 341 g/mol. The van der Waals surface area contributed by atoms with Crippen LogP contribution >= 0.6 is 0 Å². The van der Waals surface area contributed by atoms with Crippen LogP contribution in [0.4, 0.5) is 17.2 Å². The summed E-state index contributed by atoms with van der Waals surface area (Å²) in [6.07, 6.45) is 3.63. The number of benzene rings is 2. The van der Waals surface area contributed by atoms with Crippen molar-refractivity contribution in [2.45, 2.75) is 25.3 Å². The minimum absolute atomic E-state index is 0.0718. The third-order valence-electron chi connectivity index (χ3n) is 5.36. The molecule has 4 heteroatoms. The van der Waals surface area contributed by atoms with Crippen LogP contribution in [0.1, 0.15) is 29.0 Å². The lowest BCUT2D eigenvalue weighted by Gasteiger charge is -2.26. The first kappa shape index (κ1) is 15.1. The van der Waals surface area contributed by atoms with Crippen LogP contribution in [-0.4, -0.2) is 10.9 Å². The van der Waals surface area contributed by atoms with Gasteiger partial charge in [0.1, 0.15) is 5.82 Å². The summed E-state index contributed by atoms with van der Waals surface area (Å²) >= 11 is 0. The van der Waals surface area contributed by atoms with E-state index < -0.39 is 0 Å². The lowest BCUT2D eigenvalue weighted by Crippen LogP contribution is -2.33. The summed E-state index contributed by atoms with van der Waals surface area (Å²) in [4.78, 5) is 19.9. The number of nitrogens with zero attached hydrogens (tertiary/aromatic N) is 2. The van der Waals surface area contributed by atoms with Gasteiger partial charge >= 0.3 is 0 Å². The fourth-order valence-electron chi connectivity index (χ4n) is 4.07. The number of anilines is 3. The Bertz CT molecular complexity index is 998. The van der Waals surface area contributed by atoms with E-state index in [4.69, 9.17) is 0 Å². The summed E-state index contributed by atoms with van der Waals surface area (Å²) in [5.41, 5.74) is 5.35. The number of aryl methyl sites for hydroxylation is 1. The number of aromatic nitrogens is 1.